The topological polar surface area (TPSA) is 139 Å². The van der Waals surface area contributed by atoms with Crippen molar-refractivity contribution >= 4 is 33.3 Å². The second-order valence-corrected chi connectivity index (χ2v) is 9.62. The first-order valence-electron chi connectivity index (χ1n) is 10.8. The zero-order valence-electron chi connectivity index (χ0n) is 19.3. The van der Waals surface area contributed by atoms with Crippen molar-refractivity contribution in [1.29, 1.82) is 0 Å². The number of anilines is 1. The minimum absolute atomic E-state index is 0.207. The van der Waals surface area contributed by atoms with Gasteiger partial charge in [0.05, 0.1) is 23.3 Å². The predicted molar refractivity (Wildman–Crippen MR) is 128 cm³/mol. The van der Waals surface area contributed by atoms with Gasteiger partial charge in [0.15, 0.2) is 5.82 Å². The first-order valence-corrected chi connectivity index (χ1v) is 12.3. The number of nitrogens with zero attached hydrogens (tertiary/aromatic N) is 3. The zero-order valence-corrected chi connectivity index (χ0v) is 20.1. The van der Waals surface area contributed by atoms with Crippen LogP contribution in [0.15, 0.2) is 59.8 Å². The number of aromatic nitrogens is 2. The third kappa shape index (κ3) is 5.56. The molecule has 0 saturated heterocycles. The van der Waals surface area contributed by atoms with Crippen LogP contribution in [0.25, 0.3) is 16.7 Å². The van der Waals surface area contributed by atoms with E-state index >= 15 is 0 Å². The number of sulfonamides is 1. The number of rotatable bonds is 6. The Balaban J connectivity index is 1.49. The molecule has 0 saturated carbocycles. The molecule has 37 heavy (non-hydrogen) atoms. The molecule has 192 valence electrons. The monoisotopic (exact) mass is 530 g/mol. The van der Waals surface area contributed by atoms with E-state index in [4.69, 9.17) is 5.11 Å². The first-order chi connectivity index (χ1) is 17.6. The molecule has 10 nitrogen and oxygen atoms in total. The number of benzene rings is 2. The second-order valence-electron chi connectivity index (χ2n) is 7.94. The lowest BCUT2D eigenvalue weighted by atomic mass is 10.1. The molecule has 2 aromatic carbocycles. The molecule has 0 bridgehead atoms. The van der Waals surface area contributed by atoms with Gasteiger partial charge in [-0.15, -0.1) is 0 Å². The average molecular weight is 531 g/mol. The van der Waals surface area contributed by atoms with E-state index in [-0.39, 0.29) is 11.4 Å². The summed E-state index contributed by atoms with van der Waals surface area (Å²) in [6.07, 6.45) is 4.39. The molecule has 0 spiro atoms. The summed E-state index contributed by atoms with van der Waals surface area (Å²) in [6.45, 7) is 0.605. The van der Waals surface area contributed by atoms with Crippen molar-refractivity contribution in [1.82, 2.24) is 14.9 Å². The Hall–Kier alpha value is -4.39. The van der Waals surface area contributed by atoms with Gasteiger partial charge in [-0.1, -0.05) is 18.2 Å². The van der Waals surface area contributed by atoms with Gasteiger partial charge >= 0.3 is 12.1 Å². The molecule has 2 N–H and O–H groups in total. The van der Waals surface area contributed by atoms with Crippen LogP contribution in [0.4, 0.5) is 19.3 Å². The Bertz CT molecular complexity index is 1490. The maximum absolute atomic E-state index is 14.3. The van der Waals surface area contributed by atoms with Crippen LogP contribution in [0.1, 0.15) is 22.6 Å². The van der Waals surface area contributed by atoms with E-state index in [2.05, 4.69) is 14.7 Å². The highest BCUT2D eigenvalue weighted by Crippen LogP contribution is 2.26. The minimum atomic E-state index is -4.28. The maximum atomic E-state index is 14.3. The maximum Gasteiger partial charge on any atom is 0.407 e. The summed E-state index contributed by atoms with van der Waals surface area (Å²) in [4.78, 5) is 32.3. The molecule has 1 amide bonds. The number of hydrogen-bond acceptors (Lipinski definition) is 7. The highest BCUT2D eigenvalue weighted by atomic mass is 32.2. The van der Waals surface area contributed by atoms with E-state index in [0.29, 0.717) is 42.0 Å². The largest absolute Gasteiger partial charge is 0.465 e. The molecule has 0 fully saturated rings. The number of amides is 1. The first kappa shape index (κ1) is 25.7. The van der Waals surface area contributed by atoms with E-state index in [1.54, 1.807) is 18.5 Å². The van der Waals surface area contributed by atoms with Crippen LogP contribution in [0, 0.1) is 11.6 Å². The van der Waals surface area contributed by atoms with E-state index < -0.39 is 45.0 Å². The normalized spacial score (nSPS) is 13.6. The van der Waals surface area contributed by atoms with E-state index in [0.717, 1.165) is 12.7 Å². The van der Waals surface area contributed by atoms with Gasteiger partial charge in [-0.25, -0.2) is 36.8 Å². The van der Waals surface area contributed by atoms with Crippen LogP contribution in [0.3, 0.4) is 0 Å². The third-order valence-corrected chi connectivity index (χ3v) is 7.00. The molecule has 0 radical (unpaired) electrons. The molecule has 2 heterocycles. The quantitative estimate of drug-likeness (QED) is 0.459. The summed E-state index contributed by atoms with van der Waals surface area (Å²) in [7, 11) is -3.27. The molecular formula is C24H20F2N4O6S. The van der Waals surface area contributed by atoms with Crippen molar-refractivity contribution in [2.75, 3.05) is 24.9 Å². The summed E-state index contributed by atoms with van der Waals surface area (Å²) in [5.41, 5.74) is 0.722. The van der Waals surface area contributed by atoms with Crippen LogP contribution < -0.4 is 4.72 Å². The van der Waals surface area contributed by atoms with Crippen molar-refractivity contribution in [3.8, 4) is 11.1 Å². The van der Waals surface area contributed by atoms with Crippen molar-refractivity contribution in [3.05, 3.63) is 77.9 Å². The van der Waals surface area contributed by atoms with Gasteiger partial charge in [0.1, 0.15) is 11.6 Å². The van der Waals surface area contributed by atoms with Crippen LogP contribution in [0.5, 0.6) is 0 Å². The number of hydrogen-bond donors (Lipinski definition) is 2. The third-order valence-electron chi connectivity index (χ3n) is 5.62. The van der Waals surface area contributed by atoms with Crippen molar-refractivity contribution in [3.63, 3.8) is 0 Å². The van der Waals surface area contributed by atoms with Crippen LogP contribution in [-0.2, 0) is 14.8 Å². The van der Waals surface area contributed by atoms with Gasteiger partial charge in [-0.3, -0.25) is 4.72 Å². The van der Waals surface area contributed by atoms with Gasteiger partial charge in [0.2, 0.25) is 0 Å². The van der Waals surface area contributed by atoms with Crippen molar-refractivity contribution < 1.29 is 36.6 Å². The highest BCUT2D eigenvalue weighted by molar-refractivity contribution is 7.92. The fourth-order valence-electron chi connectivity index (χ4n) is 3.61. The fourth-order valence-corrected chi connectivity index (χ4v) is 4.67. The molecule has 0 unspecified atom stereocenters. The van der Waals surface area contributed by atoms with Crippen molar-refractivity contribution in [2.45, 2.75) is 11.3 Å². The summed E-state index contributed by atoms with van der Waals surface area (Å²) in [6, 6.07) is 6.70. The fraction of sp³-hybridized carbons (Fsp3) is 0.167. The lowest BCUT2D eigenvalue weighted by molar-refractivity contribution is 0.0595. The van der Waals surface area contributed by atoms with E-state index in [9.17, 15) is 26.8 Å². The van der Waals surface area contributed by atoms with Crippen LogP contribution in [-0.4, -0.2) is 60.7 Å². The standard InChI is InChI=1S/C24H20F2N4O6S/c1-36-23(31)18-10-20(26)21(11-19(18)25)29-37(34,35)17-4-2-14(3-5-17)16-12-27-22(28-13-16)15-6-8-30(9-7-15)24(32)33/h2-6,10-13,29H,7-9H2,1H3,(H,32,33). The number of methoxy groups -OCH3 is 1. The number of halogens is 2. The Morgan fingerprint density at radius 1 is 1.05 bits per heavy atom. The van der Waals surface area contributed by atoms with Crippen molar-refractivity contribution in [2.24, 2.45) is 0 Å². The number of nitrogens with one attached hydrogen (secondary N) is 1. The van der Waals surface area contributed by atoms with Gasteiger partial charge in [-0.2, -0.15) is 0 Å². The molecule has 3 aromatic rings. The average Bonchev–Trinajstić information content (AvgIpc) is 2.90. The predicted octanol–water partition coefficient (Wildman–Crippen LogP) is 3.78. The Labute approximate surface area is 210 Å². The van der Waals surface area contributed by atoms with Gasteiger partial charge in [0.25, 0.3) is 10.0 Å². The molecule has 1 aliphatic rings. The van der Waals surface area contributed by atoms with Gasteiger partial charge in [-0.05, 0) is 35.8 Å². The Morgan fingerprint density at radius 3 is 2.30 bits per heavy atom. The minimum Gasteiger partial charge on any atom is -0.465 e. The number of carbonyl (C=O) groups excluding carboxylic acids is 1. The Kier molecular flexibility index (Phi) is 7.16. The molecule has 0 atom stereocenters. The smallest absolute Gasteiger partial charge is 0.407 e. The second kappa shape index (κ2) is 10.3. The number of ether oxygens (including phenoxy) is 1. The van der Waals surface area contributed by atoms with Crippen LogP contribution >= 0.6 is 0 Å². The molecular weight excluding hydrogens is 510 g/mol. The molecule has 1 aromatic heterocycles. The molecule has 0 aliphatic carbocycles. The molecule has 1 aliphatic heterocycles. The van der Waals surface area contributed by atoms with E-state index in [1.165, 1.54) is 29.2 Å². The lowest BCUT2D eigenvalue weighted by Gasteiger charge is -2.22. The zero-order chi connectivity index (χ0) is 26.7. The highest BCUT2D eigenvalue weighted by Gasteiger charge is 2.22. The van der Waals surface area contributed by atoms with Gasteiger partial charge in [0, 0.05) is 37.1 Å². The Morgan fingerprint density at radius 2 is 1.73 bits per heavy atom. The number of carboxylic acid groups (broad SMARTS) is 1. The molecule has 4 rings (SSSR count). The SMILES string of the molecule is COC(=O)c1cc(F)c(NS(=O)(=O)c2ccc(-c3cnc(C4=CCN(C(=O)O)CC4)nc3)cc2)cc1F. The number of carbonyl (C=O) groups is 2. The summed E-state index contributed by atoms with van der Waals surface area (Å²) in [5.74, 6) is -2.92. The van der Waals surface area contributed by atoms with E-state index in [1.807, 2.05) is 4.72 Å². The lowest BCUT2D eigenvalue weighted by Crippen LogP contribution is -2.33. The van der Waals surface area contributed by atoms with Crippen LogP contribution in [0.2, 0.25) is 0 Å². The number of esters is 1. The molecule has 13 heteroatoms. The summed E-state index contributed by atoms with van der Waals surface area (Å²) in [5, 5.41) is 9.04. The van der Waals surface area contributed by atoms with Gasteiger partial charge < -0.3 is 14.7 Å². The summed E-state index contributed by atoms with van der Waals surface area (Å²) < 4.78 is 60.2. The summed E-state index contributed by atoms with van der Waals surface area (Å²) >= 11 is 0.